The molecule has 0 aliphatic rings. The van der Waals surface area contributed by atoms with Crippen LogP contribution in [0.3, 0.4) is 0 Å². The van der Waals surface area contributed by atoms with Crippen molar-refractivity contribution in [2.24, 2.45) is 5.41 Å². The molecular formula is C27H72Y82-12. The van der Waals surface area contributed by atoms with Crippen LogP contribution >= 0.6 is 0 Å². The van der Waals surface area contributed by atoms with Gasteiger partial charge in [-0.05, 0) is 0 Å². The number of rotatable bonds is 2. The first-order valence-electron chi connectivity index (χ1n) is 7.96. The summed E-state index contributed by atoms with van der Waals surface area (Å²) in [6.45, 7) is 39.5. The summed E-state index contributed by atoms with van der Waals surface area (Å²) in [5.41, 5.74) is -0.387. The Morgan fingerprint density at radius 2 is 0.165 bits per heavy atom. The van der Waals surface area contributed by atoms with E-state index in [1.54, 1.807) is 6.92 Å². The summed E-state index contributed by atoms with van der Waals surface area (Å²) in [4.78, 5) is 0. The van der Waals surface area contributed by atoms with Gasteiger partial charge in [0.15, 0.2) is 0 Å². The zero-order valence-corrected chi connectivity index (χ0v) is 302. The molecular weight excluding hydrogens is 7610 g/mol. The molecule has 0 aromatic carbocycles. The van der Waals surface area contributed by atoms with Crippen molar-refractivity contribution in [2.75, 3.05) is 0 Å². The fraction of sp³-hybridized carbons (Fsp3) is 0.556. The molecule has 0 heterocycles. The van der Waals surface area contributed by atoms with Crippen molar-refractivity contribution in [3.8, 4) is 0 Å². The number of hydrogen-bond acceptors (Lipinski definition) is 0. The third-order valence-electron chi connectivity index (χ3n) is 0.577. The van der Waals surface area contributed by atoms with Gasteiger partial charge in [0.25, 0.3) is 0 Å². The molecule has 82 heteroatoms. The van der Waals surface area contributed by atoms with E-state index in [0.717, 1.165) is 6.42 Å². The van der Waals surface area contributed by atoms with Gasteiger partial charge in [-0.1, -0.05) is 84.1 Å². The van der Waals surface area contributed by atoms with Crippen molar-refractivity contribution in [2.45, 2.75) is 97.4 Å². The Balaban J connectivity index is -0.000000000145. The van der Waals surface area contributed by atoms with E-state index >= 15 is 0 Å². The minimum absolute atomic E-state index is 0. The van der Waals surface area contributed by atoms with Crippen molar-refractivity contribution < 1.29 is 2680 Å². The van der Waals surface area contributed by atoms with E-state index in [9.17, 15) is 0 Å². The topological polar surface area (TPSA) is 0 Å². The summed E-state index contributed by atoms with van der Waals surface area (Å²) in [6, 6.07) is 0. The fourth-order valence-corrected chi connectivity index (χ4v) is 0.306. The molecule has 0 aliphatic carbocycles. The first kappa shape index (κ1) is 748. The van der Waals surface area contributed by atoms with Crippen LogP contribution in [0.15, 0.2) is 0 Å². The van der Waals surface area contributed by atoms with Crippen molar-refractivity contribution in [3.05, 3.63) is 85.6 Å². The van der Waals surface area contributed by atoms with Gasteiger partial charge < -0.3 is 97.4 Å². The summed E-state index contributed by atoms with van der Waals surface area (Å²) in [5, 5.41) is 0. The third-order valence-corrected chi connectivity index (χ3v) is 0.577. The first-order chi connectivity index (χ1) is 9.06. The molecule has 82 radical (unpaired) electrons. The van der Waals surface area contributed by atoms with Crippen LogP contribution in [0, 0.1) is 91.0 Å². The molecule has 438 valence electrons. The van der Waals surface area contributed by atoms with Gasteiger partial charge in [-0.2, -0.15) is 6.92 Å². The fourth-order valence-electron chi connectivity index (χ4n) is 0.306. The van der Waals surface area contributed by atoms with Crippen molar-refractivity contribution in [1.29, 1.82) is 0 Å². The van der Waals surface area contributed by atoms with E-state index in [-0.39, 0.29) is 2750 Å². The maximum Gasteiger partial charge on any atom is 0 e. The van der Waals surface area contributed by atoms with E-state index in [4.69, 9.17) is 0 Å². The quantitative estimate of drug-likeness (QED) is 0.242. The Bertz CT molecular complexity index is 127. The van der Waals surface area contributed by atoms with Crippen LogP contribution in [-0.2, 0) is 2680 Å². The van der Waals surface area contributed by atoms with Gasteiger partial charge in [0.2, 0.25) is 0 Å². The van der Waals surface area contributed by atoms with Gasteiger partial charge >= 0.3 is 0 Å². The first-order valence-corrected chi connectivity index (χ1v) is 7.96. The van der Waals surface area contributed by atoms with Crippen LogP contribution in [-0.4, -0.2) is 0 Å². The maximum absolute atomic E-state index is 3.64. The van der Waals surface area contributed by atoms with E-state index in [1.165, 1.54) is 0 Å². The molecule has 0 amide bonds. The minimum Gasteiger partial charge on any atom is -0.584 e. The Kier molecular flexibility index (Phi) is 5480. The van der Waals surface area contributed by atoms with Crippen LogP contribution in [0.1, 0.15) is 97.4 Å². The Hall–Kier alpha value is 90.5. The molecule has 0 bridgehead atoms. The molecule has 0 aromatic rings. The Morgan fingerprint density at radius 3 is 0.165 bits per heavy atom. The second-order valence-electron chi connectivity index (χ2n) is 1.86. The minimum atomic E-state index is -0.387. The molecule has 0 N–H and O–H groups in total. The molecule has 0 unspecified atom stereocenters. The molecule has 0 saturated carbocycles. The smallest absolute Gasteiger partial charge is 0 e. The van der Waals surface area contributed by atoms with Crippen LogP contribution < -0.4 is 0 Å². The van der Waals surface area contributed by atoms with E-state index in [2.05, 4.69) is 34.6 Å². The van der Waals surface area contributed by atoms with Crippen LogP contribution in [0.2, 0.25) is 0 Å². The van der Waals surface area contributed by atoms with Crippen molar-refractivity contribution >= 4 is 0 Å². The van der Waals surface area contributed by atoms with Gasteiger partial charge in [0.1, 0.15) is 0 Å². The van der Waals surface area contributed by atoms with Gasteiger partial charge in [-0.3, -0.25) is 0 Å². The maximum atomic E-state index is 3.64. The zero-order valence-electron chi connectivity index (χ0n) is 69.7. The predicted octanol–water partition coefficient (Wildman–Crippen LogP) is 11.6. The molecule has 109 heavy (non-hydrogen) atoms. The molecule has 0 spiro atoms. The zero-order chi connectivity index (χ0) is 17.9. The SMILES string of the molecule is C.C.CC.CC.CC.CC.CC.[CH2-]C.[CH2-]C[CH-]C([CH2-])([CH2-])[CH2-].[CH3-].[CH3-].[CH3-].[CH3-].[CH3-].[CH3-].[Y].[Y].[Y].[Y].[Y].[Y].[Y].[Y].[Y].[Y].[Y].[Y].[Y].[Y].[Y].[Y].[Y].[Y].[Y].[Y].[Y].[Y].[Y].[Y].[Y].[Y].[Y].[Y].[Y].[Y].[Y].[Y].[Y].[Y].[Y].[Y].[Y].[Y].[Y].[Y].[Y].[Y].[Y].[Y].[Y].[Y].[Y].[Y].[Y].[Y].[Y].[Y].[Y].[Y].[Y].[Y].[Y].[Y].[Y].[Y].[Y].[Y].[Y].[Y].[Y].[Y].[Y].[Y].[Y].[Y].[Y].[Y].[Y].[Y].[Y].[Y].[Y].[Y].[Y].[Y].[Y].[Y]. The predicted molar refractivity (Wildman–Crippen MR) is 152 cm³/mol. The second-order valence-corrected chi connectivity index (χ2v) is 1.86. The second kappa shape index (κ2) is 798. The summed E-state index contributed by atoms with van der Waals surface area (Å²) in [6.07, 6.45) is 2.61. The Labute approximate surface area is 2760 Å². The average Bonchev–Trinajstić information content (AvgIpc) is 2.50. The normalized spacial score (nSPS) is 1.10. The molecule has 0 nitrogen and oxygen atoms in total. The number of hydrogen-bond donors (Lipinski definition) is 0. The molecule has 0 aromatic heterocycles. The van der Waals surface area contributed by atoms with E-state index in [1.807, 2.05) is 75.7 Å². The third kappa shape index (κ3) is 858. The van der Waals surface area contributed by atoms with Crippen molar-refractivity contribution in [3.63, 3.8) is 0 Å². The monoisotopic (exact) mass is 7690 g/mol. The van der Waals surface area contributed by atoms with Crippen LogP contribution in [0.25, 0.3) is 0 Å². The summed E-state index contributed by atoms with van der Waals surface area (Å²) >= 11 is 0. The van der Waals surface area contributed by atoms with E-state index in [0.29, 0.717) is 0 Å². The van der Waals surface area contributed by atoms with Gasteiger partial charge in [-0.15, -0.1) is 0 Å². The molecule has 0 aliphatic heterocycles. The molecule has 0 fully saturated rings. The summed E-state index contributed by atoms with van der Waals surface area (Å²) in [5.74, 6) is 0. The average molecular weight is 7690 g/mol. The van der Waals surface area contributed by atoms with Gasteiger partial charge in [0, 0.05) is 2680 Å². The molecule has 0 saturated heterocycles. The summed E-state index contributed by atoms with van der Waals surface area (Å²) < 4.78 is 0. The van der Waals surface area contributed by atoms with E-state index < -0.39 is 0 Å². The molecule has 0 atom stereocenters. The van der Waals surface area contributed by atoms with Crippen molar-refractivity contribution in [1.82, 2.24) is 0 Å². The van der Waals surface area contributed by atoms with Gasteiger partial charge in [-0.25, -0.2) is 0 Å². The Morgan fingerprint density at radius 1 is 0.138 bits per heavy atom. The largest absolute Gasteiger partial charge is 0.584 e. The van der Waals surface area contributed by atoms with Gasteiger partial charge in [0.05, 0.1) is 0 Å². The standard InChI is InChI=1S/C7H11.5C2H6.C2H5.2CH4.6CH3.82Y/c1-5-6-7(2,3)4;6*1-2;;;;;;;;;;;;;;;;;;;;;;;;;;;;;;;;;;;;;;;;;;;;;;;;;;;;;;;;;;;;;;;;;;;;;;;;;;;;;;;;;;;;;;;;;;/h6H,1-5H2;5*1-2H3;1H2,2H3;2*1H4;6*1H3;;;;;;;;;;;;;;;;;;;;;;;;;;;;;;;;;;;;;;;;;;;;;;;;;;;;;;;;;;;;;;;;;;;;;;;;;;;;;;;;;;/q-5;;;;;;-1;;;6*-1;;;;;;;;;;;;;;;;;;;;;;;;;;;;;;;;;;;;;;;;;;;;;;;;;;;;;;;;;;;;;;;;;;;;;;;;;;;;;;;;;;. The molecule has 0 rings (SSSR count). The van der Waals surface area contributed by atoms with Crippen LogP contribution in [0.4, 0.5) is 0 Å². The van der Waals surface area contributed by atoms with Crippen LogP contribution in [0.5, 0.6) is 0 Å². The summed E-state index contributed by atoms with van der Waals surface area (Å²) in [7, 11) is 0.